The maximum atomic E-state index is 13.1. The van der Waals surface area contributed by atoms with Gasteiger partial charge in [0.15, 0.2) is 0 Å². The standard InChI is InChI=1S/C14H16F2N6O3S/c1-8-7-9(2)20-14(19-8)22(13(17)21-18)26(23,24)11-6-4-3-5-10(11)25-12(15)16/h3-7,12H,18H2,1-2H3,(H2,17,21). The minimum absolute atomic E-state index is 0.332. The van der Waals surface area contributed by atoms with Crippen molar-refractivity contribution in [3.05, 3.63) is 41.7 Å². The molecule has 0 aliphatic heterocycles. The van der Waals surface area contributed by atoms with Gasteiger partial charge in [0, 0.05) is 11.4 Å². The van der Waals surface area contributed by atoms with E-state index in [-0.39, 0.29) is 5.95 Å². The zero-order valence-corrected chi connectivity index (χ0v) is 14.6. The molecule has 1 aromatic carbocycles. The zero-order chi connectivity index (χ0) is 19.5. The van der Waals surface area contributed by atoms with Crippen LogP contribution in [0, 0.1) is 13.8 Å². The summed E-state index contributed by atoms with van der Waals surface area (Å²) in [7, 11) is -4.56. The number of hydrogen-bond donors (Lipinski definition) is 2. The van der Waals surface area contributed by atoms with Crippen LogP contribution in [0.15, 0.2) is 40.3 Å². The minimum Gasteiger partial charge on any atom is -0.433 e. The highest BCUT2D eigenvalue weighted by Crippen LogP contribution is 2.29. The Kier molecular flexibility index (Phi) is 5.55. The maximum absolute atomic E-state index is 13.1. The van der Waals surface area contributed by atoms with E-state index in [4.69, 9.17) is 11.6 Å². The Bertz CT molecular complexity index is 916. The van der Waals surface area contributed by atoms with Crippen molar-refractivity contribution in [2.75, 3.05) is 4.31 Å². The van der Waals surface area contributed by atoms with E-state index in [1.165, 1.54) is 12.1 Å². The molecule has 0 unspecified atom stereocenters. The van der Waals surface area contributed by atoms with Gasteiger partial charge >= 0.3 is 6.61 Å². The molecule has 0 aliphatic carbocycles. The van der Waals surface area contributed by atoms with Crippen LogP contribution in [-0.2, 0) is 10.0 Å². The van der Waals surface area contributed by atoms with E-state index in [9.17, 15) is 17.2 Å². The molecule has 0 atom stereocenters. The fourth-order valence-electron chi connectivity index (χ4n) is 2.14. The molecule has 140 valence electrons. The molecule has 26 heavy (non-hydrogen) atoms. The average molecular weight is 386 g/mol. The lowest BCUT2D eigenvalue weighted by Crippen LogP contribution is -2.44. The summed E-state index contributed by atoms with van der Waals surface area (Å²) >= 11 is 0. The van der Waals surface area contributed by atoms with Gasteiger partial charge in [-0.15, -0.1) is 5.10 Å². The third kappa shape index (κ3) is 3.96. The third-order valence-corrected chi connectivity index (χ3v) is 4.80. The lowest BCUT2D eigenvalue weighted by atomic mass is 10.3. The number of benzene rings is 1. The molecule has 0 fully saturated rings. The summed E-state index contributed by atoms with van der Waals surface area (Å²) in [4.78, 5) is 7.46. The topological polar surface area (TPSA) is 137 Å². The van der Waals surface area contributed by atoms with E-state index >= 15 is 0 Å². The first kappa shape index (κ1) is 19.3. The number of hydrogen-bond acceptors (Lipinski definition) is 7. The molecule has 0 amide bonds. The van der Waals surface area contributed by atoms with Crippen LogP contribution in [0.4, 0.5) is 14.7 Å². The van der Waals surface area contributed by atoms with Gasteiger partial charge in [0.2, 0.25) is 11.9 Å². The highest BCUT2D eigenvalue weighted by molar-refractivity contribution is 7.93. The Labute approximate surface area is 148 Å². The number of hydrazone groups is 1. The molecule has 4 N–H and O–H groups in total. The Hall–Kier alpha value is -3.02. The second-order valence-electron chi connectivity index (χ2n) is 5.03. The number of alkyl halides is 2. The van der Waals surface area contributed by atoms with Crippen molar-refractivity contribution in [2.24, 2.45) is 16.7 Å². The number of anilines is 1. The first-order valence-corrected chi connectivity index (χ1v) is 8.55. The average Bonchev–Trinajstić information content (AvgIpc) is 2.53. The Balaban J connectivity index is 2.69. The number of aryl methyl sites for hydroxylation is 2. The molecular formula is C14H16F2N6O3S. The zero-order valence-electron chi connectivity index (χ0n) is 13.8. The highest BCUT2D eigenvalue weighted by atomic mass is 32.2. The molecule has 0 saturated heterocycles. The van der Waals surface area contributed by atoms with Crippen LogP contribution >= 0.6 is 0 Å². The van der Waals surface area contributed by atoms with Crippen molar-refractivity contribution in [2.45, 2.75) is 25.4 Å². The lowest BCUT2D eigenvalue weighted by molar-refractivity contribution is -0.0517. The van der Waals surface area contributed by atoms with Crippen molar-refractivity contribution in [3.63, 3.8) is 0 Å². The predicted molar refractivity (Wildman–Crippen MR) is 90.1 cm³/mol. The molecule has 2 aromatic rings. The number of nitrogens with zero attached hydrogens (tertiary/aromatic N) is 4. The Morgan fingerprint density at radius 1 is 1.23 bits per heavy atom. The minimum atomic E-state index is -4.56. The lowest BCUT2D eigenvalue weighted by Gasteiger charge is -2.22. The molecule has 0 aliphatic rings. The molecule has 0 spiro atoms. The molecule has 0 bridgehead atoms. The summed E-state index contributed by atoms with van der Waals surface area (Å²) in [5.41, 5.74) is 6.53. The summed E-state index contributed by atoms with van der Waals surface area (Å²) in [5, 5.41) is 3.18. The smallest absolute Gasteiger partial charge is 0.387 e. The van der Waals surface area contributed by atoms with Gasteiger partial charge in [0.25, 0.3) is 10.0 Å². The van der Waals surface area contributed by atoms with Gasteiger partial charge in [-0.1, -0.05) is 12.1 Å². The van der Waals surface area contributed by atoms with Crippen LogP contribution in [0.5, 0.6) is 5.75 Å². The first-order chi connectivity index (χ1) is 12.2. The van der Waals surface area contributed by atoms with Gasteiger partial charge in [-0.05, 0) is 32.0 Å². The Morgan fingerprint density at radius 2 is 1.81 bits per heavy atom. The number of sulfonamides is 1. The van der Waals surface area contributed by atoms with Crippen LogP contribution in [0.3, 0.4) is 0 Å². The molecule has 1 aromatic heterocycles. The fraction of sp³-hybridized carbons (Fsp3) is 0.214. The third-order valence-electron chi connectivity index (χ3n) is 3.08. The normalized spacial score (nSPS) is 12.3. The van der Waals surface area contributed by atoms with Gasteiger partial charge < -0.3 is 16.3 Å². The van der Waals surface area contributed by atoms with E-state index < -0.39 is 33.2 Å². The molecule has 9 nitrogen and oxygen atoms in total. The predicted octanol–water partition coefficient (Wildman–Crippen LogP) is 1.08. The first-order valence-electron chi connectivity index (χ1n) is 7.11. The molecular weight excluding hydrogens is 370 g/mol. The second-order valence-corrected chi connectivity index (χ2v) is 6.79. The van der Waals surface area contributed by atoms with Crippen LogP contribution in [0.2, 0.25) is 0 Å². The highest BCUT2D eigenvalue weighted by Gasteiger charge is 2.34. The number of rotatable bonds is 5. The van der Waals surface area contributed by atoms with Gasteiger partial charge in [0.05, 0.1) is 0 Å². The van der Waals surface area contributed by atoms with E-state index in [2.05, 4.69) is 19.8 Å². The van der Waals surface area contributed by atoms with Crippen molar-refractivity contribution >= 4 is 21.9 Å². The molecule has 12 heteroatoms. The number of nitrogens with two attached hydrogens (primary N) is 2. The summed E-state index contributed by atoms with van der Waals surface area (Å²) in [5.74, 6) is 3.58. The SMILES string of the molecule is Cc1cc(C)nc(N(C(N)=NN)S(=O)(=O)c2ccccc2OC(F)F)n1. The number of aromatic nitrogens is 2. The van der Waals surface area contributed by atoms with E-state index in [1.54, 1.807) is 19.9 Å². The molecule has 1 heterocycles. The quantitative estimate of drug-likeness (QED) is 0.339. The van der Waals surface area contributed by atoms with Crippen LogP contribution in [0.1, 0.15) is 11.4 Å². The molecule has 0 saturated carbocycles. The van der Waals surface area contributed by atoms with E-state index in [0.29, 0.717) is 15.7 Å². The second kappa shape index (κ2) is 7.47. The number of guanidine groups is 1. The monoisotopic (exact) mass is 386 g/mol. The van der Waals surface area contributed by atoms with Crippen LogP contribution in [-0.4, -0.2) is 31.0 Å². The van der Waals surface area contributed by atoms with Crippen molar-refractivity contribution in [1.82, 2.24) is 9.97 Å². The van der Waals surface area contributed by atoms with Crippen molar-refractivity contribution in [1.29, 1.82) is 0 Å². The number of halogens is 2. The van der Waals surface area contributed by atoms with Crippen molar-refractivity contribution < 1.29 is 21.9 Å². The summed E-state index contributed by atoms with van der Waals surface area (Å²) in [6.07, 6.45) is 0. The summed E-state index contributed by atoms with van der Waals surface area (Å²) < 4.78 is 56.1. The van der Waals surface area contributed by atoms with Crippen molar-refractivity contribution in [3.8, 4) is 5.75 Å². The maximum Gasteiger partial charge on any atom is 0.387 e. The van der Waals surface area contributed by atoms with E-state index in [1.807, 2.05) is 0 Å². The van der Waals surface area contributed by atoms with Gasteiger partial charge in [-0.3, -0.25) is 0 Å². The van der Waals surface area contributed by atoms with Gasteiger partial charge in [-0.2, -0.15) is 13.1 Å². The number of ether oxygens (including phenoxy) is 1. The largest absolute Gasteiger partial charge is 0.433 e. The van der Waals surface area contributed by atoms with Crippen LogP contribution < -0.4 is 20.6 Å². The van der Waals surface area contributed by atoms with Gasteiger partial charge in [-0.25, -0.2) is 18.4 Å². The van der Waals surface area contributed by atoms with Gasteiger partial charge in [0.1, 0.15) is 10.6 Å². The molecule has 0 radical (unpaired) electrons. The number of para-hydroxylation sites is 1. The fourth-order valence-corrected chi connectivity index (χ4v) is 3.55. The van der Waals surface area contributed by atoms with Crippen LogP contribution in [0.25, 0.3) is 0 Å². The van der Waals surface area contributed by atoms with E-state index in [0.717, 1.165) is 12.1 Å². The summed E-state index contributed by atoms with van der Waals surface area (Å²) in [6, 6.07) is 6.44. The summed E-state index contributed by atoms with van der Waals surface area (Å²) in [6.45, 7) is 0.0111. The Morgan fingerprint density at radius 3 is 2.35 bits per heavy atom. The molecule has 2 rings (SSSR count).